The molecule has 0 bridgehead atoms. The Kier molecular flexibility index (Phi) is 8.06. The Morgan fingerprint density at radius 2 is 1.68 bits per heavy atom. The normalized spacial score (nSPS) is 11.7. The Bertz CT molecular complexity index is 1500. The molecule has 4 N–H and O–H groups in total. The molecule has 3 aromatic rings. The number of alkyl halides is 3. The van der Waals surface area contributed by atoms with Crippen LogP contribution in [0.1, 0.15) is 19.4 Å². The second kappa shape index (κ2) is 10.7. The van der Waals surface area contributed by atoms with Crippen molar-refractivity contribution in [2.45, 2.75) is 20.0 Å². The number of benzene rings is 3. The molecule has 0 amide bonds. The maximum atomic E-state index is 13.5. The molecule has 0 spiro atoms. The van der Waals surface area contributed by atoms with Gasteiger partial charge in [-0.15, -0.1) is 0 Å². The number of hydrogen-bond acceptors (Lipinski definition) is 8. The molecule has 38 heavy (non-hydrogen) atoms. The molecule has 0 aliphatic rings. The number of hydrogen-bond donors (Lipinski definition) is 3. The Morgan fingerprint density at radius 3 is 2.24 bits per heavy atom. The number of nitrogens with two attached hydrogens (primary N) is 1. The van der Waals surface area contributed by atoms with Crippen LogP contribution in [0.4, 0.5) is 18.9 Å². The van der Waals surface area contributed by atoms with E-state index in [9.17, 15) is 31.8 Å². The van der Waals surface area contributed by atoms with Gasteiger partial charge in [-0.3, -0.25) is 0 Å². The van der Waals surface area contributed by atoms with Gasteiger partial charge in [0.2, 0.25) is 0 Å². The van der Waals surface area contributed by atoms with E-state index < -0.39 is 39.0 Å². The van der Waals surface area contributed by atoms with E-state index in [4.69, 9.17) is 19.4 Å². The number of nitrogen functional groups attached to an aromatic ring is 1. The number of halogens is 3. The van der Waals surface area contributed by atoms with Gasteiger partial charge in [-0.05, 0) is 61.4 Å². The van der Waals surface area contributed by atoms with Gasteiger partial charge in [-0.2, -0.15) is 21.6 Å². The van der Waals surface area contributed by atoms with E-state index in [1.165, 1.54) is 37.4 Å². The highest BCUT2D eigenvalue weighted by Crippen LogP contribution is 2.51. The number of anilines is 1. The van der Waals surface area contributed by atoms with Crippen LogP contribution in [0, 0.1) is 0 Å². The third-order valence-corrected chi connectivity index (χ3v) is 5.79. The van der Waals surface area contributed by atoms with Gasteiger partial charge in [0.25, 0.3) is 0 Å². The molecule has 0 radical (unpaired) electrons. The summed E-state index contributed by atoms with van der Waals surface area (Å²) in [7, 11) is -3.00. The number of phenols is 2. The number of aromatic hydroxyl groups is 2. The Labute approximate surface area is 217 Å². The lowest BCUT2D eigenvalue weighted by atomic mass is 9.95. The minimum atomic E-state index is -4.79. The fourth-order valence-corrected chi connectivity index (χ4v) is 4.05. The lowest BCUT2D eigenvalue weighted by Gasteiger charge is -2.19. The van der Waals surface area contributed by atoms with Crippen molar-refractivity contribution in [3.05, 3.63) is 59.7 Å². The minimum Gasteiger partial charge on any atom is -0.504 e. The fraction of sp³-hybridized carbons (Fsp3) is 0.231. The van der Waals surface area contributed by atoms with Crippen LogP contribution in [0.3, 0.4) is 0 Å². The van der Waals surface area contributed by atoms with Crippen LogP contribution in [-0.4, -0.2) is 38.6 Å². The van der Waals surface area contributed by atoms with Crippen LogP contribution in [0.15, 0.2) is 54.1 Å². The quantitative estimate of drug-likeness (QED) is 0.183. The summed E-state index contributed by atoms with van der Waals surface area (Å²) in [6.45, 7) is 3.97. The smallest absolute Gasteiger partial charge is 0.418 e. The molecule has 12 heteroatoms. The van der Waals surface area contributed by atoms with E-state index in [0.717, 1.165) is 11.6 Å². The van der Waals surface area contributed by atoms with E-state index in [0.29, 0.717) is 12.3 Å². The van der Waals surface area contributed by atoms with Crippen molar-refractivity contribution in [2.24, 2.45) is 0 Å². The van der Waals surface area contributed by atoms with Gasteiger partial charge in [-0.1, -0.05) is 17.7 Å². The average Bonchev–Trinajstić information content (AvgIpc) is 2.80. The summed E-state index contributed by atoms with van der Waals surface area (Å²) in [5.74, 6) is -1.55. The van der Waals surface area contributed by atoms with Crippen molar-refractivity contribution in [2.75, 3.05) is 25.7 Å². The summed E-state index contributed by atoms with van der Waals surface area (Å²) < 4.78 is 80.5. The van der Waals surface area contributed by atoms with Crippen LogP contribution in [0.2, 0.25) is 0 Å². The van der Waals surface area contributed by atoms with Gasteiger partial charge >= 0.3 is 16.3 Å². The molecule has 0 aliphatic heterocycles. The summed E-state index contributed by atoms with van der Waals surface area (Å²) in [5.41, 5.74) is 4.57. The Morgan fingerprint density at radius 1 is 1.03 bits per heavy atom. The highest BCUT2D eigenvalue weighted by molar-refractivity contribution is 7.86. The summed E-state index contributed by atoms with van der Waals surface area (Å²) in [6, 6.07) is 8.32. The third kappa shape index (κ3) is 6.43. The van der Waals surface area contributed by atoms with Crippen molar-refractivity contribution in [3.8, 4) is 51.0 Å². The molecule has 0 unspecified atom stereocenters. The zero-order valence-corrected chi connectivity index (χ0v) is 21.7. The van der Waals surface area contributed by atoms with E-state index in [-0.39, 0.29) is 46.1 Å². The zero-order valence-electron chi connectivity index (χ0n) is 20.9. The molecule has 0 heterocycles. The Hall–Kier alpha value is -4.06. The predicted octanol–water partition coefficient (Wildman–Crippen LogP) is 5.72. The third-order valence-electron chi connectivity index (χ3n) is 5.32. The standard InChI is InChI=1S/C26H26F3NO7S/c1-14(2)9-10-36-21-8-6-16(12-20(21)31)23-22(35-3)13-17(25(24(23)32)37-38(4,33)34)15-5-7-19(30)18(11-15)26(27,28)29/h5-9,11-13,31-32H,10,30H2,1-4H3. The largest absolute Gasteiger partial charge is 0.504 e. The maximum Gasteiger partial charge on any atom is 0.418 e. The Balaban J connectivity index is 2.24. The van der Waals surface area contributed by atoms with Crippen LogP contribution in [0.25, 0.3) is 22.3 Å². The van der Waals surface area contributed by atoms with Crippen molar-refractivity contribution in [1.29, 1.82) is 0 Å². The van der Waals surface area contributed by atoms with E-state index in [2.05, 4.69) is 0 Å². The fourth-order valence-electron chi connectivity index (χ4n) is 3.58. The topological polar surface area (TPSA) is 128 Å². The second-order valence-corrected chi connectivity index (χ2v) is 10.1. The molecule has 3 aromatic carbocycles. The number of ether oxygens (including phenoxy) is 2. The van der Waals surface area contributed by atoms with Crippen LogP contribution < -0.4 is 19.4 Å². The molecule has 8 nitrogen and oxygen atoms in total. The number of phenolic OH excluding ortho intramolecular Hbond substituents is 2. The molecule has 3 rings (SSSR count). The molecular formula is C26H26F3NO7S. The molecular weight excluding hydrogens is 527 g/mol. The summed E-state index contributed by atoms with van der Waals surface area (Å²) in [5, 5.41) is 21.6. The molecule has 0 saturated carbocycles. The van der Waals surface area contributed by atoms with Crippen LogP contribution >= 0.6 is 0 Å². The predicted molar refractivity (Wildman–Crippen MR) is 137 cm³/mol. The SMILES string of the molecule is COc1cc(-c2ccc(N)c(C(F)(F)F)c2)c(OS(C)(=O)=O)c(O)c1-c1ccc(OCC=C(C)C)c(O)c1. The van der Waals surface area contributed by atoms with Gasteiger partial charge in [0.1, 0.15) is 12.4 Å². The molecule has 0 fully saturated rings. The van der Waals surface area contributed by atoms with Gasteiger partial charge < -0.3 is 29.6 Å². The first-order valence-electron chi connectivity index (χ1n) is 11.0. The van der Waals surface area contributed by atoms with Gasteiger partial charge in [0.15, 0.2) is 23.0 Å². The highest BCUT2D eigenvalue weighted by Gasteiger charge is 2.34. The molecule has 0 saturated heterocycles. The van der Waals surface area contributed by atoms with Crippen molar-refractivity contribution in [1.82, 2.24) is 0 Å². The molecule has 204 valence electrons. The maximum absolute atomic E-state index is 13.5. The molecule has 0 atom stereocenters. The summed E-state index contributed by atoms with van der Waals surface area (Å²) >= 11 is 0. The van der Waals surface area contributed by atoms with Crippen LogP contribution in [-0.2, 0) is 16.3 Å². The van der Waals surface area contributed by atoms with Crippen molar-refractivity contribution < 1.29 is 45.5 Å². The minimum absolute atomic E-state index is 0.0404. The summed E-state index contributed by atoms with van der Waals surface area (Å²) in [4.78, 5) is 0. The number of allylic oxidation sites excluding steroid dienone is 1. The van der Waals surface area contributed by atoms with Gasteiger partial charge in [0, 0.05) is 11.3 Å². The van der Waals surface area contributed by atoms with E-state index in [1.54, 1.807) is 6.08 Å². The monoisotopic (exact) mass is 553 g/mol. The second-order valence-electron chi connectivity index (χ2n) is 8.54. The lowest BCUT2D eigenvalue weighted by Crippen LogP contribution is -2.10. The first-order valence-corrected chi connectivity index (χ1v) is 12.8. The van der Waals surface area contributed by atoms with Crippen molar-refractivity contribution in [3.63, 3.8) is 0 Å². The highest BCUT2D eigenvalue weighted by atomic mass is 32.2. The molecule has 0 aliphatic carbocycles. The van der Waals surface area contributed by atoms with Gasteiger partial charge in [0.05, 0.1) is 24.5 Å². The number of methoxy groups -OCH3 is 1. The molecule has 0 aromatic heterocycles. The number of rotatable bonds is 8. The van der Waals surface area contributed by atoms with Crippen LogP contribution in [0.5, 0.6) is 28.7 Å². The zero-order chi connectivity index (χ0) is 28.4. The van der Waals surface area contributed by atoms with E-state index in [1.807, 2.05) is 13.8 Å². The van der Waals surface area contributed by atoms with Gasteiger partial charge in [-0.25, -0.2) is 0 Å². The van der Waals surface area contributed by atoms with Crippen molar-refractivity contribution >= 4 is 15.8 Å². The lowest BCUT2D eigenvalue weighted by molar-refractivity contribution is -0.136. The average molecular weight is 554 g/mol. The first-order chi connectivity index (χ1) is 17.6. The summed E-state index contributed by atoms with van der Waals surface area (Å²) in [6.07, 6.45) is -2.28. The van der Waals surface area contributed by atoms with E-state index >= 15 is 0 Å². The first kappa shape index (κ1) is 28.5.